The van der Waals surface area contributed by atoms with Crippen molar-refractivity contribution in [3.05, 3.63) is 0 Å². The van der Waals surface area contributed by atoms with E-state index in [1.54, 1.807) is 0 Å². The molecule has 2 heterocycles. The Morgan fingerprint density at radius 2 is 2.18 bits per heavy atom. The molecule has 0 bridgehead atoms. The summed E-state index contributed by atoms with van der Waals surface area (Å²) in [6, 6.07) is 0.00725. The lowest BCUT2D eigenvalue weighted by Crippen LogP contribution is -2.56. The molecule has 0 aromatic rings. The summed E-state index contributed by atoms with van der Waals surface area (Å²) in [6.45, 7) is 5.33. The number of carbonyl (C=O) groups excluding carboxylic acids is 2. The number of likely N-dealkylation sites (tertiary alicyclic amines) is 1. The van der Waals surface area contributed by atoms with Gasteiger partial charge in [0.1, 0.15) is 0 Å². The average molecular weight is 240 g/mol. The molecule has 0 spiro atoms. The van der Waals surface area contributed by atoms with Crippen molar-refractivity contribution in [3.63, 3.8) is 0 Å². The molecule has 2 rings (SSSR count). The summed E-state index contributed by atoms with van der Waals surface area (Å²) in [5.41, 5.74) is 0. The van der Waals surface area contributed by atoms with E-state index >= 15 is 0 Å². The fourth-order valence-electron chi connectivity index (χ4n) is 2.41. The molecule has 6 nitrogen and oxygen atoms in total. The van der Waals surface area contributed by atoms with E-state index in [9.17, 15) is 9.59 Å². The maximum absolute atomic E-state index is 12.1. The maximum atomic E-state index is 12.1. The van der Waals surface area contributed by atoms with Crippen LogP contribution in [0.4, 0.5) is 0 Å². The highest BCUT2D eigenvalue weighted by Crippen LogP contribution is 2.11. The fourth-order valence-corrected chi connectivity index (χ4v) is 2.41. The molecule has 17 heavy (non-hydrogen) atoms. The molecule has 2 unspecified atom stereocenters. The van der Waals surface area contributed by atoms with Gasteiger partial charge in [-0.05, 0) is 6.42 Å². The van der Waals surface area contributed by atoms with Crippen LogP contribution in [-0.4, -0.2) is 61.5 Å². The van der Waals surface area contributed by atoms with Crippen molar-refractivity contribution in [1.29, 1.82) is 0 Å². The third-order valence-corrected chi connectivity index (χ3v) is 3.25. The number of carbonyl (C=O) groups is 2. The summed E-state index contributed by atoms with van der Waals surface area (Å²) in [6.07, 6.45) is 0.853. The van der Waals surface area contributed by atoms with Gasteiger partial charge in [0.05, 0.1) is 6.04 Å². The number of nitrogens with one attached hydrogen (secondary N) is 3. The number of hydrogen-bond acceptors (Lipinski definition) is 4. The fraction of sp³-hybridized carbons (Fsp3) is 0.818. The maximum Gasteiger partial charge on any atom is 0.241 e. The second kappa shape index (κ2) is 5.46. The lowest BCUT2D eigenvalue weighted by Gasteiger charge is -2.27. The van der Waals surface area contributed by atoms with Gasteiger partial charge >= 0.3 is 0 Å². The molecule has 0 aromatic heterocycles. The van der Waals surface area contributed by atoms with Crippen molar-refractivity contribution in [2.24, 2.45) is 0 Å². The molecule has 3 N–H and O–H groups in total. The number of amides is 2. The predicted molar refractivity (Wildman–Crippen MR) is 63.5 cm³/mol. The standard InChI is InChI=1S/C11H20N4O2/c1-8(16)14-9-2-5-15(7-9)11(17)10-6-12-3-4-13-10/h9-10,12-13H,2-7H2,1H3,(H,14,16). The van der Waals surface area contributed by atoms with Gasteiger partial charge in [-0.3, -0.25) is 9.59 Å². The van der Waals surface area contributed by atoms with Gasteiger partial charge in [0.2, 0.25) is 11.8 Å². The minimum Gasteiger partial charge on any atom is -0.352 e. The Hall–Kier alpha value is -1.14. The summed E-state index contributed by atoms with van der Waals surface area (Å²) in [7, 11) is 0. The van der Waals surface area contributed by atoms with E-state index in [1.807, 2.05) is 4.90 Å². The summed E-state index contributed by atoms with van der Waals surface area (Å²) < 4.78 is 0. The van der Waals surface area contributed by atoms with Crippen LogP contribution in [-0.2, 0) is 9.59 Å². The molecule has 0 saturated carbocycles. The molecule has 2 amide bonds. The van der Waals surface area contributed by atoms with Crippen molar-refractivity contribution in [3.8, 4) is 0 Å². The molecular formula is C11H20N4O2. The van der Waals surface area contributed by atoms with E-state index in [4.69, 9.17) is 0 Å². The summed E-state index contributed by atoms with van der Waals surface area (Å²) in [5, 5.41) is 9.27. The van der Waals surface area contributed by atoms with E-state index in [0.29, 0.717) is 13.1 Å². The number of rotatable bonds is 2. The molecule has 2 fully saturated rings. The molecule has 2 saturated heterocycles. The van der Waals surface area contributed by atoms with Crippen LogP contribution in [0.3, 0.4) is 0 Å². The quantitative estimate of drug-likeness (QED) is 0.537. The molecule has 2 aliphatic rings. The highest BCUT2D eigenvalue weighted by Gasteiger charge is 2.31. The van der Waals surface area contributed by atoms with Crippen molar-refractivity contribution >= 4 is 11.8 Å². The summed E-state index contributed by atoms with van der Waals surface area (Å²) in [5.74, 6) is 0.117. The third-order valence-electron chi connectivity index (χ3n) is 3.25. The van der Waals surface area contributed by atoms with Gasteiger partial charge in [-0.1, -0.05) is 0 Å². The van der Waals surface area contributed by atoms with Gasteiger partial charge in [0.25, 0.3) is 0 Å². The number of nitrogens with zero attached hydrogens (tertiary/aromatic N) is 1. The van der Waals surface area contributed by atoms with Crippen LogP contribution < -0.4 is 16.0 Å². The highest BCUT2D eigenvalue weighted by atomic mass is 16.2. The monoisotopic (exact) mass is 240 g/mol. The first-order valence-corrected chi connectivity index (χ1v) is 6.17. The van der Waals surface area contributed by atoms with Crippen LogP contribution in [0.1, 0.15) is 13.3 Å². The van der Waals surface area contributed by atoms with Crippen molar-refractivity contribution in [2.45, 2.75) is 25.4 Å². The van der Waals surface area contributed by atoms with Crippen LogP contribution in [0.25, 0.3) is 0 Å². The molecule has 2 atom stereocenters. The van der Waals surface area contributed by atoms with Gasteiger partial charge in [0, 0.05) is 45.7 Å². The van der Waals surface area contributed by atoms with E-state index < -0.39 is 0 Å². The van der Waals surface area contributed by atoms with E-state index in [1.165, 1.54) is 6.92 Å². The summed E-state index contributed by atoms with van der Waals surface area (Å²) in [4.78, 5) is 24.9. The zero-order valence-electron chi connectivity index (χ0n) is 10.2. The Balaban J connectivity index is 1.82. The van der Waals surface area contributed by atoms with Gasteiger partial charge < -0.3 is 20.9 Å². The van der Waals surface area contributed by atoms with Crippen LogP contribution in [0.5, 0.6) is 0 Å². The normalized spacial score (nSPS) is 29.1. The van der Waals surface area contributed by atoms with Crippen molar-refractivity contribution < 1.29 is 9.59 Å². The predicted octanol–water partition coefficient (Wildman–Crippen LogP) is -1.72. The molecular weight excluding hydrogens is 220 g/mol. The second-order valence-corrected chi connectivity index (χ2v) is 4.68. The van der Waals surface area contributed by atoms with Crippen LogP contribution >= 0.6 is 0 Å². The first kappa shape index (κ1) is 12.3. The van der Waals surface area contributed by atoms with Crippen LogP contribution in [0.15, 0.2) is 0 Å². The second-order valence-electron chi connectivity index (χ2n) is 4.68. The van der Waals surface area contributed by atoms with E-state index in [2.05, 4.69) is 16.0 Å². The van der Waals surface area contributed by atoms with Gasteiger partial charge in [-0.15, -0.1) is 0 Å². The van der Waals surface area contributed by atoms with Gasteiger partial charge in [0.15, 0.2) is 0 Å². The zero-order chi connectivity index (χ0) is 12.3. The third kappa shape index (κ3) is 3.17. The molecule has 0 aliphatic carbocycles. The lowest BCUT2D eigenvalue weighted by atomic mass is 10.2. The SMILES string of the molecule is CC(=O)NC1CCN(C(=O)C2CNCCN2)C1. The average Bonchev–Trinajstić information content (AvgIpc) is 2.77. The van der Waals surface area contributed by atoms with Gasteiger partial charge in [-0.25, -0.2) is 0 Å². The molecule has 0 aromatic carbocycles. The molecule has 96 valence electrons. The van der Waals surface area contributed by atoms with Crippen molar-refractivity contribution in [1.82, 2.24) is 20.9 Å². The highest BCUT2D eigenvalue weighted by molar-refractivity contribution is 5.82. The topological polar surface area (TPSA) is 73.5 Å². The first-order chi connectivity index (χ1) is 8.16. The van der Waals surface area contributed by atoms with Crippen molar-refractivity contribution in [2.75, 3.05) is 32.7 Å². The molecule has 6 heteroatoms. The Morgan fingerprint density at radius 1 is 1.35 bits per heavy atom. The number of piperazine rings is 1. The summed E-state index contributed by atoms with van der Waals surface area (Å²) >= 11 is 0. The Morgan fingerprint density at radius 3 is 2.82 bits per heavy atom. The zero-order valence-corrected chi connectivity index (χ0v) is 10.2. The molecule has 2 aliphatic heterocycles. The van der Waals surface area contributed by atoms with E-state index in [0.717, 1.165) is 26.1 Å². The minimum atomic E-state index is -0.111. The van der Waals surface area contributed by atoms with E-state index in [-0.39, 0.29) is 23.9 Å². The Labute approximate surface area is 101 Å². The van der Waals surface area contributed by atoms with Gasteiger partial charge in [-0.2, -0.15) is 0 Å². The molecule has 0 radical (unpaired) electrons. The van der Waals surface area contributed by atoms with Crippen LogP contribution in [0, 0.1) is 0 Å². The van der Waals surface area contributed by atoms with Crippen LogP contribution in [0.2, 0.25) is 0 Å². The Kier molecular flexibility index (Phi) is 3.96. The lowest BCUT2D eigenvalue weighted by molar-refractivity contribution is -0.132. The largest absolute Gasteiger partial charge is 0.352 e. The Bertz CT molecular complexity index is 302. The smallest absolute Gasteiger partial charge is 0.241 e. The number of hydrogen-bond donors (Lipinski definition) is 3. The first-order valence-electron chi connectivity index (χ1n) is 6.17. The minimum absolute atomic E-state index is 0.0262.